The number of hydrogen-bond acceptors (Lipinski definition) is 18. The minimum absolute atomic E-state index is 0.0475. The third kappa shape index (κ3) is 5.37. The summed E-state index contributed by atoms with van der Waals surface area (Å²) >= 11 is 0. The number of hydrogen-bond donors (Lipinski definition) is 6. The van der Waals surface area contributed by atoms with Gasteiger partial charge in [-0.25, -0.2) is 34.5 Å². The van der Waals surface area contributed by atoms with Gasteiger partial charge >= 0.3 is 15.4 Å². The molecule has 10 atom stereocenters. The van der Waals surface area contributed by atoms with Gasteiger partial charge < -0.3 is 45.3 Å². The summed E-state index contributed by atoms with van der Waals surface area (Å²) in [5.74, 6) is 0.440. The monoisotopic (exact) mass is 672 g/mol. The van der Waals surface area contributed by atoms with Gasteiger partial charge in [-0.15, -0.1) is 0 Å². The summed E-state index contributed by atoms with van der Waals surface area (Å²) in [6, 6.07) is 0. The third-order valence-corrected chi connectivity index (χ3v) is 9.39. The minimum Gasteiger partial charge on any atom is -0.386 e. The molecule has 0 radical (unpaired) electrons. The zero-order valence-corrected chi connectivity index (χ0v) is 24.7. The number of nitrogens with zero attached hydrogens (tertiary/aromatic N) is 8. The van der Waals surface area contributed by atoms with Gasteiger partial charge in [-0.1, -0.05) is 0 Å². The van der Waals surface area contributed by atoms with Crippen LogP contribution in [0.3, 0.4) is 0 Å². The quantitative estimate of drug-likeness (QED) is 0.140. The smallest absolute Gasteiger partial charge is 0.386 e. The fourth-order valence-electron chi connectivity index (χ4n) is 5.33. The van der Waals surface area contributed by atoms with Crippen molar-refractivity contribution >= 4 is 49.4 Å². The molecule has 0 saturated carbocycles. The normalized spacial score (nSPS) is 37.6. The maximum Gasteiger partial charge on any atom is 0.472 e. The average Bonchev–Trinajstić information content (AvgIpc) is 3.76. The second-order valence-corrected chi connectivity index (χ2v) is 13.3. The molecule has 3 aliphatic heterocycles. The molecular formula is C21H26N10O12P2. The number of phosphoric acid groups is 1. The van der Waals surface area contributed by atoms with Crippen LogP contribution in [-0.2, 0) is 36.9 Å². The maximum absolute atomic E-state index is 13.2. The highest BCUT2D eigenvalue weighted by atomic mass is 31.2. The summed E-state index contributed by atoms with van der Waals surface area (Å²) in [5.41, 5.74) is 6.76. The van der Waals surface area contributed by atoms with Crippen LogP contribution in [0.4, 0.5) is 11.6 Å². The van der Waals surface area contributed by atoms with Crippen molar-refractivity contribution in [1.29, 1.82) is 0 Å². The van der Waals surface area contributed by atoms with E-state index in [9.17, 15) is 29.1 Å². The van der Waals surface area contributed by atoms with Crippen molar-refractivity contribution in [3.05, 3.63) is 25.3 Å². The molecule has 7 N–H and O–H groups in total. The number of aliphatic hydroxyl groups excluding tert-OH is 2. The molecule has 3 fully saturated rings. The predicted octanol–water partition coefficient (Wildman–Crippen LogP) is -1.18. The number of anilines is 2. The topological polar surface area (TPSA) is 296 Å². The fourth-order valence-corrected chi connectivity index (χ4v) is 7.29. The van der Waals surface area contributed by atoms with Crippen molar-refractivity contribution in [3.8, 4) is 0 Å². The molecule has 7 heterocycles. The maximum atomic E-state index is 13.2. The Balaban J connectivity index is 1.16. The number of nitrogen functional groups attached to an aromatic ring is 1. The number of phosphoric ester groups is 1. The van der Waals surface area contributed by atoms with Crippen LogP contribution in [0.25, 0.3) is 22.3 Å². The first kappa shape index (κ1) is 30.4. The molecular weight excluding hydrogens is 646 g/mol. The summed E-state index contributed by atoms with van der Waals surface area (Å²) in [6.07, 6.45) is -8.45. The number of ether oxygens (including phenoxy) is 3. The molecule has 3 aliphatic rings. The van der Waals surface area contributed by atoms with Crippen LogP contribution in [0.2, 0.25) is 0 Å². The Labute approximate surface area is 251 Å². The van der Waals surface area contributed by atoms with Crippen molar-refractivity contribution in [3.63, 3.8) is 0 Å². The molecule has 7 rings (SSSR count). The zero-order valence-electron chi connectivity index (χ0n) is 22.9. The summed E-state index contributed by atoms with van der Waals surface area (Å²) in [7, 11) is -8.11. The van der Waals surface area contributed by atoms with Crippen LogP contribution in [0.1, 0.15) is 12.5 Å². The van der Waals surface area contributed by atoms with Crippen LogP contribution in [-0.4, -0.2) is 116 Å². The van der Waals surface area contributed by atoms with E-state index in [1.165, 1.54) is 28.1 Å². The van der Waals surface area contributed by atoms with Crippen LogP contribution in [0.15, 0.2) is 25.3 Å². The predicted molar refractivity (Wildman–Crippen MR) is 146 cm³/mol. The van der Waals surface area contributed by atoms with Crippen LogP contribution < -0.4 is 11.1 Å². The molecule has 4 aromatic rings. The number of aliphatic hydroxyl groups is 2. The van der Waals surface area contributed by atoms with Gasteiger partial charge in [0.05, 0.1) is 19.3 Å². The van der Waals surface area contributed by atoms with Gasteiger partial charge in [0.2, 0.25) is 0 Å². The first-order valence-corrected chi connectivity index (χ1v) is 16.4. The average molecular weight is 672 g/mol. The Morgan fingerprint density at radius 1 is 0.889 bits per heavy atom. The van der Waals surface area contributed by atoms with Crippen molar-refractivity contribution in [1.82, 2.24) is 39.0 Å². The van der Waals surface area contributed by atoms with E-state index < -0.39 is 77.6 Å². The largest absolute Gasteiger partial charge is 0.472 e. The molecule has 0 aliphatic carbocycles. The first-order valence-electron chi connectivity index (χ1n) is 13.2. The van der Waals surface area contributed by atoms with Crippen LogP contribution in [0.5, 0.6) is 0 Å². The molecule has 0 bridgehead atoms. The van der Waals surface area contributed by atoms with E-state index in [4.69, 9.17) is 33.5 Å². The molecule has 45 heavy (non-hydrogen) atoms. The lowest BCUT2D eigenvalue weighted by molar-refractivity contribution is -0.168. The highest BCUT2D eigenvalue weighted by Gasteiger charge is 2.54. The number of imidazole rings is 2. The van der Waals surface area contributed by atoms with E-state index in [1.807, 2.05) is 0 Å². The van der Waals surface area contributed by atoms with Gasteiger partial charge in [0.1, 0.15) is 48.1 Å². The Hall–Kier alpha value is -3.24. The van der Waals surface area contributed by atoms with E-state index in [2.05, 4.69) is 35.2 Å². The summed E-state index contributed by atoms with van der Waals surface area (Å²) in [6.45, 7) is -0.754. The fraction of sp³-hybridized carbons (Fsp3) is 0.524. The van der Waals surface area contributed by atoms with Crippen molar-refractivity contribution < 1.29 is 56.9 Å². The van der Waals surface area contributed by atoms with Gasteiger partial charge in [-0.05, 0) is 0 Å². The van der Waals surface area contributed by atoms with Crippen LogP contribution in [0, 0.1) is 0 Å². The lowest BCUT2D eigenvalue weighted by Crippen LogP contribution is -2.38. The highest BCUT2D eigenvalue weighted by Crippen LogP contribution is 2.53. The molecule has 24 heteroatoms. The van der Waals surface area contributed by atoms with E-state index in [0.29, 0.717) is 11.3 Å². The van der Waals surface area contributed by atoms with Gasteiger partial charge in [-0.3, -0.25) is 27.3 Å². The van der Waals surface area contributed by atoms with Gasteiger partial charge in [0, 0.05) is 7.05 Å². The summed E-state index contributed by atoms with van der Waals surface area (Å²) in [4.78, 5) is 45.9. The number of aromatic nitrogens is 8. The SMILES string of the molecule is CNc1ncnc2c1ncn2[C@@H]1O[C@@H]2COP(=O)(O)OC3[C@@H](OCP(=O)(O)OC2[C@@H]1O)O[C@@H](n1cnc2c(N)ncnc21)[C@H]3O. The molecule has 0 amide bonds. The Kier molecular flexibility index (Phi) is 7.59. The third-order valence-electron chi connectivity index (χ3n) is 7.36. The van der Waals surface area contributed by atoms with Crippen molar-refractivity contribution in [2.24, 2.45) is 0 Å². The Morgan fingerprint density at radius 3 is 2.27 bits per heavy atom. The van der Waals surface area contributed by atoms with Gasteiger partial charge in [-0.2, -0.15) is 0 Å². The molecule has 4 unspecified atom stereocenters. The molecule has 3 saturated heterocycles. The van der Waals surface area contributed by atoms with Crippen LogP contribution >= 0.6 is 15.4 Å². The second kappa shape index (κ2) is 11.2. The molecule has 242 valence electrons. The van der Waals surface area contributed by atoms with E-state index in [1.54, 1.807) is 7.05 Å². The van der Waals surface area contributed by atoms with Crippen molar-refractivity contribution in [2.45, 2.75) is 49.3 Å². The molecule has 22 nitrogen and oxygen atoms in total. The van der Waals surface area contributed by atoms with E-state index in [-0.39, 0.29) is 22.6 Å². The number of rotatable bonds is 3. The Morgan fingerprint density at radius 2 is 1.53 bits per heavy atom. The van der Waals surface area contributed by atoms with Gasteiger partial charge in [0.25, 0.3) is 0 Å². The minimum atomic E-state index is -5.02. The first-order chi connectivity index (χ1) is 21.5. The zero-order chi connectivity index (χ0) is 31.7. The second-order valence-electron chi connectivity index (χ2n) is 10.2. The van der Waals surface area contributed by atoms with E-state index in [0.717, 1.165) is 6.33 Å². The molecule has 0 spiro atoms. The van der Waals surface area contributed by atoms with E-state index >= 15 is 0 Å². The van der Waals surface area contributed by atoms with Crippen molar-refractivity contribution in [2.75, 3.05) is 31.1 Å². The Bertz CT molecular complexity index is 1840. The standard InChI is InChI=1S/C21H26N10O12P2/c1-23-16-10-18(27-4-25-16)31(6-29-10)19-11(32)13-8(40-19)2-39-45(36,37)43-14-12(33)20(41-21(14)38-7-44(34,35)42-13)30-5-28-9-15(22)24-3-26-17(9)30/h3-6,8,11-14,19-21,32-33H,2,7H2,1H3,(H,34,35)(H,36,37)(H2,22,24,26)(H,23,25,27)/t8-,11+,12+,13?,14?,19-,20-,21+/m1/s1. The lowest BCUT2D eigenvalue weighted by atomic mass is 10.1. The number of nitrogens with one attached hydrogen (secondary N) is 1. The molecule has 4 aromatic heterocycles. The van der Waals surface area contributed by atoms with Gasteiger partial charge in [0.15, 0.2) is 54.1 Å². The summed E-state index contributed by atoms with van der Waals surface area (Å²) < 4.78 is 61.8. The number of fused-ring (bicyclic) bond motifs is 4. The molecule has 0 aromatic carbocycles. The lowest BCUT2D eigenvalue weighted by Gasteiger charge is -2.28. The number of nitrogens with two attached hydrogens (primary N) is 1. The highest BCUT2D eigenvalue weighted by molar-refractivity contribution is 7.52. The summed E-state index contributed by atoms with van der Waals surface area (Å²) in [5, 5.41) is 25.2.